The molecule has 0 bridgehead atoms. The van der Waals surface area contributed by atoms with E-state index in [1.807, 2.05) is 0 Å². The van der Waals surface area contributed by atoms with Crippen molar-refractivity contribution in [1.29, 1.82) is 0 Å². The fourth-order valence-corrected chi connectivity index (χ4v) is 1.28. The van der Waals surface area contributed by atoms with Crippen molar-refractivity contribution in [2.24, 2.45) is 0 Å². The first-order chi connectivity index (χ1) is 6.56. The summed E-state index contributed by atoms with van der Waals surface area (Å²) in [5.41, 5.74) is 0. The average molecular weight is 199 g/mol. The third-order valence-electron chi connectivity index (χ3n) is 2.18. The molecule has 1 rings (SSSR count). The molecule has 78 valence electrons. The van der Waals surface area contributed by atoms with Gasteiger partial charge in [-0.15, -0.1) is 0 Å². The van der Waals surface area contributed by atoms with Gasteiger partial charge in [0.05, 0.1) is 0 Å². The van der Waals surface area contributed by atoms with E-state index in [4.69, 9.17) is 0 Å². The number of amides is 4. The average Bonchev–Trinajstić information content (AvgIpc) is 2.19. The first kappa shape index (κ1) is 10.5. The molecule has 0 aliphatic carbocycles. The minimum absolute atomic E-state index is 0.204. The molecule has 0 aromatic carbocycles. The molecule has 0 radical (unpaired) electrons. The maximum absolute atomic E-state index is 11.4. The fourth-order valence-electron chi connectivity index (χ4n) is 1.28. The molecule has 1 atom stereocenters. The van der Waals surface area contributed by atoms with Crippen LogP contribution >= 0.6 is 0 Å². The Labute approximate surface area is 81.6 Å². The molecular formula is C8H13N3O3. The van der Waals surface area contributed by atoms with Crippen molar-refractivity contribution in [1.82, 2.24) is 15.5 Å². The number of nitrogens with one attached hydrogen (secondary N) is 2. The molecule has 0 aromatic heterocycles. The number of rotatable bonds is 1. The van der Waals surface area contributed by atoms with Gasteiger partial charge in [0.25, 0.3) is 5.91 Å². The zero-order valence-corrected chi connectivity index (χ0v) is 8.16. The topological polar surface area (TPSA) is 78.5 Å². The quantitative estimate of drug-likeness (QED) is 0.535. The standard InChI is InChI=1S/C8H13N3O3/c1-9-8(14)10-5-3-4-6(12)11(2)7(5)13/h5H,3-4H2,1-2H3,(H2,9,10,14). The van der Waals surface area contributed by atoms with Gasteiger partial charge in [0.15, 0.2) is 0 Å². The summed E-state index contributed by atoms with van der Waals surface area (Å²) in [5.74, 6) is -0.560. The normalized spacial score (nSPS) is 22.1. The predicted octanol–water partition coefficient (Wildman–Crippen LogP) is -0.937. The summed E-state index contributed by atoms with van der Waals surface area (Å²) in [6.45, 7) is 0. The van der Waals surface area contributed by atoms with Crippen molar-refractivity contribution >= 4 is 17.8 Å². The second-order valence-electron chi connectivity index (χ2n) is 3.11. The van der Waals surface area contributed by atoms with Gasteiger partial charge in [0, 0.05) is 20.5 Å². The lowest BCUT2D eigenvalue weighted by atomic mass is 10.1. The smallest absolute Gasteiger partial charge is 0.315 e. The van der Waals surface area contributed by atoms with Crippen LogP contribution in [0.1, 0.15) is 12.8 Å². The van der Waals surface area contributed by atoms with E-state index in [2.05, 4.69) is 10.6 Å². The maximum atomic E-state index is 11.4. The van der Waals surface area contributed by atoms with Crippen molar-refractivity contribution in [2.75, 3.05) is 14.1 Å². The van der Waals surface area contributed by atoms with Gasteiger partial charge in [-0.1, -0.05) is 0 Å². The second-order valence-corrected chi connectivity index (χ2v) is 3.11. The van der Waals surface area contributed by atoms with Crippen molar-refractivity contribution in [2.45, 2.75) is 18.9 Å². The summed E-state index contributed by atoms with van der Waals surface area (Å²) < 4.78 is 0. The van der Waals surface area contributed by atoms with Crippen molar-refractivity contribution < 1.29 is 14.4 Å². The molecular weight excluding hydrogens is 186 g/mol. The largest absolute Gasteiger partial charge is 0.341 e. The molecule has 2 N–H and O–H groups in total. The van der Waals surface area contributed by atoms with E-state index in [1.165, 1.54) is 14.1 Å². The van der Waals surface area contributed by atoms with E-state index in [-0.39, 0.29) is 18.2 Å². The van der Waals surface area contributed by atoms with E-state index in [0.717, 1.165) is 4.90 Å². The summed E-state index contributed by atoms with van der Waals surface area (Å²) in [7, 11) is 2.89. The number of imide groups is 1. The van der Waals surface area contributed by atoms with Crippen LogP contribution in [-0.2, 0) is 9.59 Å². The zero-order chi connectivity index (χ0) is 10.7. The molecule has 0 saturated carbocycles. The molecule has 0 spiro atoms. The van der Waals surface area contributed by atoms with E-state index in [0.29, 0.717) is 6.42 Å². The van der Waals surface area contributed by atoms with Gasteiger partial charge in [-0.05, 0) is 6.42 Å². The molecule has 1 aliphatic rings. The zero-order valence-electron chi connectivity index (χ0n) is 8.16. The molecule has 6 heteroatoms. The summed E-state index contributed by atoms with van der Waals surface area (Å²) in [6.07, 6.45) is 0.659. The first-order valence-electron chi connectivity index (χ1n) is 4.35. The Morgan fingerprint density at radius 2 is 2.14 bits per heavy atom. The molecule has 4 amide bonds. The molecule has 1 unspecified atom stereocenters. The SMILES string of the molecule is CNC(=O)NC1CCC(=O)N(C)C1=O. The Kier molecular flexibility index (Phi) is 3.06. The number of hydrogen-bond donors (Lipinski definition) is 2. The van der Waals surface area contributed by atoms with Gasteiger partial charge in [0.1, 0.15) is 6.04 Å². The lowest BCUT2D eigenvalue weighted by Crippen LogP contribution is -2.54. The number of carbonyl (C=O) groups is 3. The number of nitrogens with zero attached hydrogens (tertiary/aromatic N) is 1. The third-order valence-corrected chi connectivity index (χ3v) is 2.18. The van der Waals surface area contributed by atoms with Crippen LogP contribution in [0.5, 0.6) is 0 Å². The molecule has 1 saturated heterocycles. The minimum Gasteiger partial charge on any atom is -0.341 e. The van der Waals surface area contributed by atoms with Crippen LogP contribution in [0, 0.1) is 0 Å². The number of likely N-dealkylation sites (N-methyl/N-ethyl adjacent to an activating group) is 1. The molecule has 1 heterocycles. The van der Waals surface area contributed by atoms with Gasteiger partial charge in [-0.3, -0.25) is 14.5 Å². The number of piperidine rings is 1. The van der Waals surface area contributed by atoms with Crippen molar-refractivity contribution in [3.05, 3.63) is 0 Å². The van der Waals surface area contributed by atoms with Gasteiger partial charge in [-0.25, -0.2) is 4.79 Å². The highest BCUT2D eigenvalue weighted by Gasteiger charge is 2.32. The van der Waals surface area contributed by atoms with Crippen LogP contribution in [0.2, 0.25) is 0 Å². The van der Waals surface area contributed by atoms with Gasteiger partial charge < -0.3 is 10.6 Å². The Balaban J connectivity index is 2.59. The first-order valence-corrected chi connectivity index (χ1v) is 4.35. The van der Waals surface area contributed by atoms with Gasteiger partial charge in [0.2, 0.25) is 5.91 Å². The monoisotopic (exact) mass is 199 g/mol. The highest BCUT2D eigenvalue weighted by molar-refractivity contribution is 6.01. The molecule has 0 aromatic rings. The minimum atomic E-state index is -0.586. The molecule has 1 aliphatic heterocycles. The lowest BCUT2D eigenvalue weighted by molar-refractivity contribution is -0.147. The fraction of sp³-hybridized carbons (Fsp3) is 0.625. The maximum Gasteiger partial charge on any atom is 0.315 e. The highest BCUT2D eigenvalue weighted by atomic mass is 16.2. The van der Waals surface area contributed by atoms with Crippen LogP contribution in [0.25, 0.3) is 0 Å². The number of hydrogen-bond acceptors (Lipinski definition) is 3. The Morgan fingerprint density at radius 1 is 1.50 bits per heavy atom. The highest BCUT2D eigenvalue weighted by Crippen LogP contribution is 2.10. The van der Waals surface area contributed by atoms with Crippen LogP contribution in [-0.4, -0.2) is 42.9 Å². The second kappa shape index (κ2) is 4.08. The molecule has 14 heavy (non-hydrogen) atoms. The summed E-state index contributed by atoms with van der Waals surface area (Å²) in [5, 5.41) is 4.83. The molecule has 6 nitrogen and oxygen atoms in total. The van der Waals surface area contributed by atoms with Crippen LogP contribution < -0.4 is 10.6 Å². The third kappa shape index (κ3) is 2.01. The predicted molar refractivity (Wildman–Crippen MR) is 48.4 cm³/mol. The van der Waals surface area contributed by atoms with Gasteiger partial charge in [-0.2, -0.15) is 0 Å². The lowest BCUT2D eigenvalue weighted by Gasteiger charge is -2.27. The number of likely N-dealkylation sites (tertiary alicyclic amines) is 1. The van der Waals surface area contributed by atoms with Crippen LogP contribution in [0.4, 0.5) is 4.79 Å². The summed E-state index contributed by atoms with van der Waals surface area (Å²) in [6, 6.07) is -0.997. The van der Waals surface area contributed by atoms with E-state index in [9.17, 15) is 14.4 Å². The molecule has 1 fully saturated rings. The van der Waals surface area contributed by atoms with E-state index < -0.39 is 12.1 Å². The number of carbonyl (C=O) groups excluding carboxylic acids is 3. The van der Waals surface area contributed by atoms with Crippen LogP contribution in [0.3, 0.4) is 0 Å². The Bertz CT molecular complexity index is 277. The van der Waals surface area contributed by atoms with E-state index in [1.54, 1.807) is 0 Å². The Hall–Kier alpha value is -1.59. The van der Waals surface area contributed by atoms with Crippen molar-refractivity contribution in [3.63, 3.8) is 0 Å². The Morgan fingerprint density at radius 3 is 2.71 bits per heavy atom. The summed E-state index contributed by atoms with van der Waals surface area (Å²) >= 11 is 0. The van der Waals surface area contributed by atoms with Crippen molar-refractivity contribution in [3.8, 4) is 0 Å². The number of urea groups is 1. The van der Waals surface area contributed by atoms with Crippen LogP contribution in [0.15, 0.2) is 0 Å². The summed E-state index contributed by atoms with van der Waals surface area (Å²) in [4.78, 5) is 34.5. The van der Waals surface area contributed by atoms with Gasteiger partial charge >= 0.3 is 6.03 Å². The van der Waals surface area contributed by atoms with E-state index >= 15 is 0 Å².